The van der Waals surface area contributed by atoms with Gasteiger partial charge in [-0.05, 0) is 41.7 Å². The summed E-state index contributed by atoms with van der Waals surface area (Å²) >= 11 is 0. The van der Waals surface area contributed by atoms with E-state index in [9.17, 15) is 4.79 Å². The van der Waals surface area contributed by atoms with Crippen LogP contribution in [0.3, 0.4) is 0 Å². The van der Waals surface area contributed by atoms with Gasteiger partial charge in [0.1, 0.15) is 0 Å². The van der Waals surface area contributed by atoms with E-state index < -0.39 is 12.6 Å². The van der Waals surface area contributed by atoms with E-state index >= 15 is 0 Å². The van der Waals surface area contributed by atoms with Gasteiger partial charge in [-0.15, -0.1) is 0 Å². The van der Waals surface area contributed by atoms with Gasteiger partial charge in [0.05, 0.1) is 13.3 Å². The van der Waals surface area contributed by atoms with Gasteiger partial charge in [0, 0.05) is 24.2 Å². The van der Waals surface area contributed by atoms with E-state index in [2.05, 4.69) is 59.8 Å². The van der Waals surface area contributed by atoms with E-state index in [1.165, 1.54) is 18.2 Å². The van der Waals surface area contributed by atoms with Crippen LogP contribution >= 0.6 is 0 Å². The molecule has 0 atom stereocenters. The molecule has 0 spiro atoms. The molecule has 3 aromatic carbocycles. The number of hydrogen-bond acceptors (Lipinski definition) is 4. The Labute approximate surface area is 199 Å². The molecule has 0 fully saturated rings. The fraction of sp³-hybridized carbons (Fsp3) is 0.214. The molecule has 0 saturated heterocycles. The zero-order chi connectivity index (χ0) is 23.8. The Morgan fingerprint density at radius 1 is 0.941 bits per heavy atom. The molecule has 1 heterocycles. The molecule has 0 aliphatic rings. The van der Waals surface area contributed by atoms with Crippen molar-refractivity contribution >= 4 is 5.97 Å². The van der Waals surface area contributed by atoms with Crippen molar-refractivity contribution in [2.24, 2.45) is 0 Å². The van der Waals surface area contributed by atoms with Crippen molar-refractivity contribution in [1.82, 2.24) is 9.78 Å². The van der Waals surface area contributed by atoms with Crippen LogP contribution < -0.4 is 9.47 Å². The van der Waals surface area contributed by atoms with Gasteiger partial charge in [0.15, 0.2) is 18.1 Å². The van der Waals surface area contributed by atoms with Crippen LogP contribution in [0.25, 0.3) is 0 Å². The number of benzene rings is 3. The first-order valence-electron chi connectivity index (χ1n) is 11.3. The third-order valence-corrected chi connectivity index (χ3v) is 5.68. The second kappa shape index (κ2) is 11.2. The van der Waals surface area contributed by atoms with E-state index in [0.29, 0.717) is 11.5 Å². The molecule has 0 saturated carbocycles. The first kappa shape index (κ1) is 23.1. The van der Waals surface area contributed by atoms with Crippen LogP contribution in [-0.4, -0.2) is 34.6 Å². The standard InChI is InChI=1S/C28H28N2O4/c1-33-25-15-14-21(17-26(25)34-20-27(31)32)9-8-16-30-19-24(18-29-30)28(22-10-4-2-5-11-22)23-12-6-3-7-13-23/h2-7,10-15,17-19,28H,8-9,16,20H2,1H3,(H,31,32). The summed E-state index contributed by atoms with van der Waals surface area (Å²) < 4.78 is 12.6. The van der Waals surface area contributed by atoms with Crippen LogP contribution in [0.5, 0.6) is 11.5 Å². The average molecular weight is 457 g/mol. The predicted molar refractivity (Wildman–Crippen MR) is 131 cm³/mol. The van der Waals surface area contributed by atoms with Gasteiger partial charge < -0.3 is 14.6 Å². The maximum absolute atomic E-state index is 10.8. The summed E-state index contributed by atoms with van der Waals surface area (Å²) in [7, 11) is 1.54. The third-order valence-electron chi connectivity index (χ3n) is 5.68. The lowest BCUT2D eigenvalue weighted by Gasteiger charge is -2.16. The highest BCUT2D eigenvalue weighted by Crippen LogP contribution is 2.32. The lowest BCUT2D eigenvalue weighted by atomic mass is 9.87. The second-order valence-corrected chi connectivity index (χ2v) is 8.06. The van der Waals surface area contributed by atoms with Crippen LogP contribution in [0, 0.1) is 0 Å². The Kier molecular flexibility index (Phi) is 7.60. The first-order chi connectivity index (χ1) is 16.6. The zero-order valence-electron chi connectivity index (χ0n) is 19.1. The van der Waals surface area contributed by atoms with Gasteiger partial charge in [-0.2, -0.15) is 5.10 Å². The molecular weight excluding hydrogens is 428 g/mol. The molecule has 0 aliphatic heterocycles. The van der Waals surface area contributed by atoms with Gasteiger partial charge in [-0.1, -0.05) is 66.7 Å². The number of aliphatic carboxylic acids is 1. The van der Waals surface area contributed by atoms with Crippen LogP contribution in [0.15, 0.2) is 91.3 Å². The number of methoxy groups -OCH3 is 1. The minimum absolute atomic E-state index is 0.131. The molecule has 4 rings (SSSR count). The minimum Gasteiger partial charge on any atom is -0.493 e. The molecule has 0 radical (unpaired) electrons. The molecule has 0 amide bonds. The van der Waals surface area contributed by atoms with Gasteiger partial charge >= 0.3 is 5.97 Å². The number of carboxylic acid groups (broad SMARTS) is 1. The zero-order valence-corrected chi connectivity index (χ0v) is 19.1. The Bertz CT molecular complexity index is 1170. The van der Waals surface area contributed by atoms with E-state index in [0.717, 1.165) is 30.5 Å². The number of ether oxygens (including phenoxy) is 2. The van der Waals surface area contributed by atoms with Gasteiger partial charge in [-0.3, -0.25) is 4.68 Å². The van der Waals surface area contributed by atoms with E-state index in [1.807, 2.05) is 41.2 Å². The highest BCUT2D eigenvalue weighted by atomic mass is 16.5. The highest BCUT2D eigenvalue weighted by Gasteiger charge is 2.18. The number of aryl methyl sites for hydroxylation is 2. The molecule has 6 nitrogen and oxygen atoms in total. The maximum atomic E-state index is 10.8. The number of carboxylic acids is 1. The van der Waals surface area contributed by atoms with Crippen LogP contribution in [0.2, 0.25) is 0 Å². The number of aromatic nitrogens is 2. The molecular formula is C28H28N2O4. The van der Waals surface area contributed by atoms with Gasteiger partial charge in [0.25, 0.3) is 0 Å². The van der Waals surface area contributed by atoms with Crippen molar-refractivity contribution in [1.29, 1.82) is 0 Å². The van der Waals surface area contributed by atoms with Crippen molar-refractivity contribution < 1.29 is 19.4 Å². The second-order valence-electron chi connectivity index (χ2n) is 8.06. The summed E-state index contributed by atoms with van der Waals surface area (Å²) in [5.41, 5.74) is 4.69. The third kappa shape index (κ3) is 5.84. The molecule has 6 heteroatoms. The fourth-order valence-corrected chi connectivity index (χ4v) is 4.09. The number of carbonyl (C=O) groups is 1. The molecule has 1 N–H and O–H groups in total. The van der Waals surface area contributed by atoms with Crippen LogP contribution in [0.4, 0.5) is 0 Å². The summed E-state index contributed by atoms with van der Waals surface area (Å²) in [6.07, 6.45) is 5.77. The fourth-order valence-electron chi connectivity index (χ4n) is 4.09. The lowest BCUT2D eigenvalue weighted by Crippen LogP contribution is -2.10. The smallest absolute Gasteiger partial charge is 0.341 e. The Balaban J connectivity index is 1.44. The Hall–Kier alpha value is -4.06. The predicted octanol–water partition coefficient (Wildman–Crippen LogP) is 5.17. The molecule has 0 bridgehead atoms. The monoisotopic (exact) mass is 456 g/mol. The molecule has 4 aromatic rings. The number of nitrogens with zero attached hydrogens (tertiary/aromatic N) is 2. The largest absolute Gasteiger partial charge is 0.493 e. The summed E-state index contributed by atoms with van der Waals surface area (Å²) in [6, 6.07) is 26.6. The summed E-state index contributed by atoms with van der Waals surface area (Å²) in [5, 5.41) is 13.5. The molecule has 1 aromatic heterocycles. The lowest BCUT2D eigenvalue weighted by molar-refractivity contribution is -0.139. The van der Waals surface area contributed by atoms with E-state index in [1.54, 1.807) is 0 Å². The molecule has 34 heavy (non-hydrogen) atoms. The molecule has 174 valence electrons. The van der Waals surface area contributed by atoms with Crippen molar-refractivity contribution in [3.05, 3.63) is 114 Å². The van der Waals surface area contributed by atoms with Crippen molar-refractivity contribution in [3.63, 3.8) is 0 Å². The number of rotatable bonds is 11. The summed E-state index contributed by atoms with van der Waals surface area (Å²) in [6.45, 7) is 0.369. The van der Waals surface area contributed by atoms with E-state index in [-0.39, 0.29) is 5.92 Å². The van der Waals surface area contributed by atoms with Crippen LogP contribution in [-0.2, 0) is 17.8 Å². The van der Waals surface area contributed by atoms with Crippen LogP contribution in [0.1, 0.15) is 34.6 Å². The first-order valence-corrected chi connectivity index (χ1v) is 11.3. The van der Waals surface area contributed by atoms with Gasteiger partial charge in [0.2, 0.25) is 0 Å². The van der Waals surface area contributed by atoms with Crippen molar-refractivity contribution in [2.45, 2.75) is 25.3 Å². The Morgan fingerprint density at radius 3 is 2.24 bits per heavy atom. The quantitative estimate of drug-likeness (QED) is 0.337. The van der Waals surface area contributed by atoms with Crippen molar-refractivity contribution in [3.8, 4) is 11.5 Å². The molecule has 0 unspecified atom stereocenters. The summed E-state index contributed by atoms with van der Waals surface area (Å²) in [5.74, 6) is 0.0739. The minimum atomic E-state index is -1.02. The van der Waals surface area contributed by atoms with Gasteiger partial charge in [-0.25, -0.2) is 4.79 Å². The summed E-state index contributed by atoms with van der Waals surface area (Å²) in [4.78, 5) is 10.8. The highest BCUT2D eigenvalue weighted by molar-refractivity contribution is 5.68. The SMILES string of the molecule is COc1ccc(CCCn2cc(C(c3ccccc3)c3ccccc3)cn2)cc1OCC(=O)O. The maximum Gasteiger partial charge on any atom is 0.341 e. The van der Waals surface area contributed by atoms with Crippen molar-refractivity contribution in [2.75, 3.05) is 13.7 Å². The van der Waals surface area contributed by atoms with E-state index in [4.69, 9.17) is 14.6 Å². The molecule has 0 aliphatic carbocycles. The topological polar surface area (TPSA) is 73.6 Å². The Morgan fingerprint density at radius 2 is 1.62 bits per heavy atom. The number of hydrogen-bond donors (Lipinski definition) is 1. The normalized spacial score (nSPS) is 10.9. The average Bonchev–Trinajstić information content (AvgIpc) is 3.32.